The summed E-state index contributed by atoms with van der Waals surface area (Å²) in [7, 11) is -0.956. The molecular formula is C97H109F6N15O16S5. The molecule has 31 nitrogen and oxygen atoms in total. The fourth-order valence-corrected chi connectivity index (χ4v) is 17.9. The van der Waals surface area contributed by atoms with Gasteiger partial charge in [0.2, 0.25) is 23.0 Å². The van der Waals surface area contributed by atoms with Crippen molar-refractivity contribution in [2.75, 3.05) is 57.7 Å². The number of nitrogens with zero attached hydrogens (tertiary/aromatic N) is 9. The molecule has 1 atom stereocenters. The Hall–Kier alpha value is -12.4. The Labute approximate surface area is 817 Å². The normalized spacial score (nSPS) is 14.2. The molecule has 4 aliphatic heterocycles. The van der Waals surface area contributed by atoms with E-state index in [4.69, 9.17) is 39.5 Å². The Morgan fingerprint density at radius 1 is 0.453 bits per heavy atom. The SMILES string of the molecule is C.CCc1cc(F)ccc1CNC(=O)c1nc2n(c(=O)c1O)CCOC2(C)C.CS(=N)c1cc(F)ccc1CNC(=O)c1nc2n(c(=O)c1O)CCOC2(C)C.CSc1cc(F)ccc1C#N.CSc1cc(F)ccc1CN.CSc1cc(F)ccc1CNC(=O)c1nc2n(c(=O)c1O)CCOC2(C)C.CSc1cc(F)ccc1CNC(=O)c1nc2n(c(=O)c1OCc1ccccc1)CCOC2(C)C. The summed E-state index contributed by atoms with van der Waals surface area (Å²) < 4.78 is 121. The van der Waals surface area contributed by atoms with Crippen molar-refractivity contribution >= 4 is 81.4 Å². The number of carbonyl (C=O) groups excluding carboxylic acids is 4. The molecule has 0 aliphatic carbocycles. The maximum atomic E-state index is 13.6. The van der Waals surface area contributed by atoms with Crippen LogP contribution in [0.15, 0.2) is 183 Å². The largest absolute Gasteiger partial charge is 0.501 e. The maximum absolute atomic E-state index is 13.6. The van der Waals surface area contributed by atoms with Gasteiger partial charge in [-0.1, -0.05) is 85.7 Å². The summed E-state index contributed by atoms with van der Waals surface area (Å²) >= 11 is 5.63. The number of aromatic nitrogens is 8. The first-order chi connectivity index (χ1) is 65.4. The zero-order valence-corrected chi connectivity index (χ0v) is 82.0. The highest BCUT2D eigenvalue weighted by Gasteiger charge is 2.40. The molecule has 7 aromatic carbocycles. The summed E-state index contributed by atoms with van der Waals surface area (Å²) in [6.45, 7) is 19.3. The first-order valence-electron chi connectivity index (χ1n) is 42.8. The van der Waals surface area contributed by atoms with E-state index in [0.717, 1.165) is 38.3 Å². The summed E-state index contributed by atoms with van der Waals surface area (Å²) in [4.78, 5) is 122. The van der Waals surface area contributed by atoms with Crippen LogP contribution < -0.4 is 54.0 Å². The molecule has 0 bridgehead atoms. The lowest BCUT2D eigenvalue weighted by Gasteiger charge is -2.32. The topological polar surface area (TPSA) is 436 Å². The van der Waals surface area contributed by atoms with Gasteiger partial charge in [-0.2, -0.15) is 5.26 Å². The van der Waals surface area contributed by atoms with Gasteiger partial charge in [-0.25, -0.2) is 46.3 Å². The van der Waals surface area contributed by atoms with Gasteiger partial charge in [-0.05, 0) is 211 Å². The lowest BCUT2D eigenvalue weighted by molar-refractivity contribution is -0.0569. The van der Waals surface area contributed by atoms with Gasteiger partial charge in [0, 0.05) is 57.2 Å². The van der Waals surface area contributed by atoms with Crippen LogP contribution in [-0.2, 0) is 124 Å². The van der Waals surface area contributed by atoms with E-state index < -0.39 is 102 Å². The molecule has 10 N–H and O–H groups in total. The molecule has 15 rings (SSSR count). The van der Waals surface area contributed by atoms with Gasteiger partial charge < -0.3 is 66.0 Å². The molecule has 139 heavy (non-hydrogen) atoms. The standard InChI is InChI=1S/C25H26FN3O4S.C19H22FN3O4.C18H21FN4O4S.C18H20FN3O4S.C8H10FNS.C8H6FNS.CH4/c1-25(2)24-28-20(22(30)27-14-17-9-10-18(26)13-19(17)34-3)21(23(31)29(24)11-12-33-25)32-15-16-7-5-4-6-8-16;1-4-11-9-13(20)6-5-12(11)10-21-16(25)14-15(24)17(26)23-7-8-27-19(2,3)18(23)22-14;1-18(2)17-22-13(14(24)16(26)23(17)6-7-27-18)15(25)21-9-10-4-5-11(19)8-12(10)28(3)20;1-18(2)17-21-13(14(23)16(25)22(17)6-7-26-18)15(24)20-9-10-4-5-11(19)8-12(10)27-3;2*1-11-8-4-7(9)3-2-6(8)5-10;/h4-10,13H,11-12,14-15H2,1-3H3,(H,27,30);5-6,9,24H,4,7-8,10H2,1-3H3,(H,21,25);4-5,8,20,24H,6-7,9H2,1-3H3,(H,21,25);4-5,8,23H,6-7,9H2,1-3H3,(H,20,24);2-4H,5,10H2,1H3;2-4H,1H3;1H4. The molecule has 0 saturated heterocycles. The minimum atomic E-state index is -0.956. The predicted octanol–water partition coefficient (Wildman–Crippen LogP) is 14.4. The Balaban J connectivity index is 0.000000193. The molecule has 4 amide bonds. The summed E-state index contributed by atoms with van der Waals surface area (Å²) in [6, 6.07) is 37.2. The molecule has 740 valence electrons. The van der Waals surface area contributed by atoms with E-state index in [-0.39, 0.29) is 135 Å². The monoisotopic (exact) mass is 2010 g/mol. The molecule has 42 heteroatoms. The van der Waals surface area contributed by atoms with E-state index >= 15 is 0 Å². The van der Waals surface area contributed by atoms with E-state index in [1.54, 1.807) is 92.2 Å². The van der Waals surface area contributed by atoms with Crippen LogP contribution >= 0.6 is 47.0 Å². The highest BCUT2D eigenvalue weighted by atomic mass is 32.2. The second-order valence-corrected chi connectivity index (χ2v) is 37.7. The number of halogens is 6. The number of carbonyl (C=O) groups is 4. The summed E-state index contributed by atoms with van der Waals surface area (Å²) in [6.07, 6.45) is 9.60. The number of rotatable bonds is 22. The lowest BCUT2D eigenvalue weighted by atomic mass is 10.0. The molecule has 0 fully saturated rings. The van der Waals surface area contributed by atoms with Gasteiger partial charge >= 0.3 is 0 Å². The van der Waals surface area contributed by atoms with Gasteiger partial charge in [0.1, 0.15) is 93.3 Å². The van der Waals surface area contributed by atoms with Crippen LogP contribution in [0.5, 0.6) is 23.0 Å². The average Bonchev–Trinajstić information content (AvgIpc) is 0.759. The van der Waals surface area contributed by atoms with E-state index in [1.165, 1.54) is 150 Å². The number of amides is 4. The van der Waals surface area contributed by atoms with Gasteiger partial charge in [0.05, 0.1) is 58.2 Å². The molecule has 4 aromatic heterocycles. The molecule has 11 aromatic rings. The number of nitrogens with one attached hydrogen (secondary N) is 5. The average molecular weight is 2020 g/mol. The van der Waals surface area contributed by atoms with Gasteiger partial charge in [0.25, 0.3) is 45.9 Å². The van der Waals surface area contributed by atoms with Crippen LogP contribution in [-0.4, -0.2) is 135 Å². The minimum absolute atomic E-state index is 0. The predicted molar refractivity (Wildman–Crippen MR) is 519 cm³/mol. The molecule has 1 unspecified atom stereocenters. The Bertz CT molecular complexity index is 6550. The summed E-state index contributed by atoms with van der Waals surface area (Å²) in [5.41, 5.74) is 4.32. The lowest BCUT2D eigenvalue weighted by Crippen LogP contribution is -2.43. The fourth-order valence-electron chi connectivity index (χ4n) is 14.6. The van der Waals surface area contributed by atoms with Crippen LogP contribution in [0.1, 0.15) is 179 Å². The third-order valence-corrected chi connectivity index (χ3v) is 26.1. The number of nitriles is 1. The van der Waals surface area contributed by atoms with Crippen LogP contribution in [0.25, 0.3) is 0 Å². The second kappa shape index (κ2) is 48.9. The molecule has 4 aliphatic rings. The van der Waals surface area contributed by atoms with Crippen molar-refractivity contribution in [1.82, 2.24) is 59.5 Å². The van der Waals surface area contributed by atoms with Crippen molar-refractivity contribution in [2.45, 2.75) is 189 Å². The number of fused-ring (bicyclic) bond motifs is 4. The van der Waals surface area contributed by atoms with E-state index in [1.807, 2.05) is 62.1 Å². The van der Waals surface area contributed by atoms with Crippen molar-refractivity contribution in [2.24, 2.45) is 5.73 Å². The number of hydrogen-bond acceptors (Lipinski definition) is 27. The molecular weight excluding hydrogens is 1910 g/mol. The Kier molecular flexibility index (Phi) is 38.8. The van der Waals surface area contributed by atoms with Crippen molar-refractivity contribution in [3.63, 3.8) is 0 Å². The van der Waals surface area contributed by atoms with Crippen molar-refractivity contribution < 1.29 is 84.5 Å². The first-order valence-corrected chi connectivity index (χ1v) is 49.4. The maximum Gasteiger partial charge on any atom is 0.296 e. The van der Waals surface area contributed by atoms with Gasteiger partial charge in [-0.3, -0.25) is 61.4 Å². The van der Waals surface area contributed by atoms with E-state index in [0.29, 0.717) is 82.5 Å². The quantitative estimate of drug-likeness (QED) is 0.0225. The number of aromatic hydroxyl groups is 3. The number of benzene rings is 7. The fraction of sp³-hybridized carbons (Fsp3) is 0.351. The number of hydrogen-bond donors (Lipinski definition) is 9. The first kappa shape index (κ1) is 110. The summed E-state index contributed by atoms with van der Waals surface area (Å²) in [5, 5.41) is 49.8. The van der Waals surface area contributed by atoms with Crippen molar-refractivity contribution in [1.29, 1.82) is 10.0 Å². The zero-order valence-electron chi connectivity index (χ0n) is 77.9. The summed E-state index contributed by atoms with van der Waals surface area (Å²) in [5.74, 6) is -5.69. The smallest absolute Gasteiger partial charge is 0.296 e. The third-order valence-electron chi connectivity index (χ3n) is 21.8. The second-order valence-electron chi connectivity index (χ2n) is 32.8. The molecule has 0 spiro atoms. The highest BCUT2D eigenvalue weighted by Crippen LogP contribution is 2.35. The van der Waals surface area contributed by atoms with Crippen LogP contribution in [0.3, 0.4) is 0 Å². The molecule has 0 radical (unpaired) electrons. The molecule has 8 heterocycles. The number of ether oxygens (including phenoxy) is 5. The Morgan fingerprint density at radius 2 is 0.763 bits per heavy atom. The van der Waals surface area contributed by atoms with E-state index in [9.17, 15) is 80.0 Å². The highest BCUT2D eigenvalue weighted by molar-refractivity contribution is 7.99. The molecule has 0 saturated carbocycles. The van der Waals surface area contributed by atoms with Crippen LogP contribution in [0.4, 0.5) is 26.3 Å². The van der Waals surface area contributed by atoms with Crippen molar-refractivity contribution in [3.05, 3.63) is 306 Å². The third kappa shape index (κ3) is 27.4. The Morgan fingerprint density at radius 3 is 1.13 bits per heavy atom. The number of thioether (sulfide) groups is 4. The van der Waals surface area contributed by atoms with Crippen LogP contribution in [0, 0.1) is 51.0 Å². The number of nitrogens with two attached hydrogens (primary N) is 1. The van der Waals surface area contributed by atoms with Crippen LogP contribution in [0.2, 0.25) is 0 Å². The van der Waals surface area contributed by atoms with Gasteiger partial charge in [0.15, 0.2) is 22.8 Å². The number of aryl methyl sites for hydroxylation is 1. The zero-order chi connectivity index (χ0) is 101. The van der Waals surface area contributed by atoms with Crippen molar-refractivity contribution in [3.8, 4) is 29.1 Å². The minimum Gasteiger partial charge on any atom is -0.501 e. The van der Waals surface area contributed by atoms with E-state index in [2.05, 4.69) is 41.2 Å². The van der Waals surface area contributed by atoms with Gasteiger partial charge in [-0.15, -0.1) is 47.0 Å².